The minimum atomic E-state index is -0.692. The van der Waals surface area contributed by atoms with Crippen LogP contribution < -0.4 is 10.5 Å². The normalized spacial score (nSPS) is 10.1. The SMILES string of the molecule is NC(=O)c1ccc(Oc2cc(Br)ccc2F)nn1. The van der Waals surface area contributed by atoms with E-state index in [0.717, 1.165) is 0 Å². The van der Waals surface area contributed by atoms with Gasteiger partial charge in [-0.25, -0.2) is 4.39 Å². The van der Waals surface area contributed by atoms with Gasteiger partial charge in [0.15, 0.2) is 17.3 Å². The second kappa shape index (κ2) is 5.09. The van der Waals surface area contributed by atoms with E-state index < -0.39 is 11.7 Å². The number of amides is 1. The van der Waals surface area contributed by atoms with Gasteiger partial charge in [0.1, 0.15) is 0 Å². The monoisotopic (exact) mass is 311 g/mol. The van der Waals surface area contributed by atoms with Crippen LogP contribution in [0.5, 0.6) is 11.6 Å². The second-order valence-electron chi connectivity index (χ2n) is 3.30. The van der Waals surface area contributed by atoms with Crippen molar-refractivity contribution in [3.63, 3.8) is 0 Å². The van der Waals surface area contributed by atoms with E-state index in [4.69, 9.17) is 10.5 Å². The molecule has 0 radical (unpaired) electrons. The van der Waals surface area contributed by atoms with Crippen molar-refractivity contribution in [1.82, 2.24) is 10.2 Å². The van der Waals surface area contributed by atoms with Crippen molar-refractivity contribution in [2.45, 2.75) is 0 Å². The first-order chi connectivity index (χ1) is 8.56. The number of rotatable bonds is 3. The lowest BCUT2D eigenvalue weighted by molar-refractivity contribution is 0.0994. The third-order valence-electron chi connectivity index (χ3n) is 2.00. The van der Waals surface area contributed by atoms with E-state index in [1.807, 2.05) is 0 Å². The molecule has 0 aliphatic heterocycles. The number of primary amides is 1. The molecule has 0 unspecified atom stereocenters. The molecule has 0 bridgehead atoms. The van der Waals surface area contributed by atoms with Crippen molar-refractivity contribution >= 4 is 21.8 Å². The van der Waals surface area contributed by atoms with Crippen LogP contribution in [0.4, 0.5) is 4.39 Å². The molecule has 92 valence electrons. The van der Waals surface area contributed by atoms with Crippen LogP contribution in [0.2, 0.25) is 0 Å². The summed E-state index contributed by atoms with van der Waals surface area (Å²) in [6.45, 7) is 0. The molecule has 2 aromatic rings. The number of benzene rings is 1. The molecule has 0 atom stereocenters. The summed E-state index contributed by atoms with van der Waals surface area (Å²) in [6.07, 6.45) is 0. The van der Waals surface area contributed by atoms with Crippen molar-refractivity contribution in [2.24, 2.45) is 5.73 Å². The predicted molar refractivity (Wildman–Crippen MR) is 64.7 cm³/mol. The van der Waals surface area contributed by atoms with Gasteiger partial charge in [0.2, 0.25) is 5.88 Å². The molecule has 7 heteroatoms. The number of nitrogens with two attached hydrogens (primary N) is 1. The van der Waals surface area contributed by atoms with E-state index in [0.29, 0.717) is 4.47 Å². The van der Waals surface area contributed by atoms with Gasteiger partial charge in [0.05, 0.1) is 0 Å². The van der Waals surface area contributed by atoms with Crippen LogP contribution >= 0.6 is 15.9 Å². The lowest BCUT2D eigenvalue weighted by atomic mass is 10.3. The Balaban J connectivity index is 2.23. The van der Waals surface area contributed by atoms with Crippen molar-refractivity contribution in [1.29, 1.82) is 0 Å². The van der Waals surface area contributed by atoms with Gasteiger partial charge in [-0.3, -0.25) is 4.79 Å². The largest absolute Gasteiger partial charge is 0.434 e. The highest BCUT2D eigenvalue weighted by Gasteiger charge is 2.08. The molecule has 2 N–H and O–H groups in total. The first-order valence-electron chi connectivity index (χ1n) is 4.82. The van der Waals surface area contributed by atoms with Gasteiger partial charge in [-0.05, 0) is 24.3 Å². The maximum atomic E-state index is 13.4. The molecule has 0 saturated heterocycles. The van der Waals surface area contributed by atoms with Crippen LogP contribution in [-0.4, -0.2) is 16.1 Å². The summed E-state index contributed by atoms with van der Waals surface area (Å²) < 4.78 is 19.3. The van der Waals surface area contributed by atoms with E-state index in [9.17, 15) is 9.18 Å². The van der Waals surface area contributed by atoms with E-state index >= 15 is 0 Å². The highest BCUT2D eigenvalue weighted by molar-refractivity contribution is 9.10. The van der Waals surface area contributed by atoms with Crippen molar-refractivity contribution < 1.29 is 13.9 Å². The minimum absolute atomic E-state index is 0.00509. The molecular formula is C11H7BrFN3O2. The summed E-state index contributed by atoms with van der Waals surface area (Å²) in [4.78, 5) is 10.8. The molecule has 0 aliphatic carbocycles. The lowest BCUT2D eigenvalue weighted by Crippen LogP contribution is -2.13. The molecule has 0 fully saturated rings. The molecule has 0 aliphatic rings. The van der Waals surface area contributed by atoms with E-state index in [2.05, 4.69) is 26.1 Å². The zero-order valence-electron chi connectivity index (χ0n) is 8.93. The van der Waals surface area contributed by atoms with E-state index in [-0.39, 0.29) is 17.3 Å². The fraction of sp³-hybridized carbons (Fsp3) is 0. The van der Waals surface area contributed by atoms with Crippen LogP contribution in [0, 0.1) is 5.82 Å². The van der Waals surface area contributed by atoms with E-state index in [1.54, 1.807) is 6.07 Å². The first-order valence-corrected chi connectivity index (χ1v) is 5.62. The molecule has 1 heterocycles. The lowest BCUT2D eigenvalue weighted by Gasteiger charge is -2.05. The van der Waals surface area contributed by atoms with Gasteiger partial charge >= 0.3 is 0 Å². The summed E-state index contributed by atoms with van der Waals surface area (Å²) in [5, 5.41) is 7.15. The van der Waals surface area contributed by atoms with Crippen LogP contribution in [-0.2, 0) is 0 Å². The summed E-state index contributed by atoms with van der Waals surface area (Å²) >= 11 is 3.20. The highest BCUT2D eigenvalue weighted by Crippen LogP contribution is 2.26. The summed E-state index contributed by atoms with van der Waals surface area (Å²) in [5.74, 6) is -1.15. The van der Waals surface area contributed by atoms with Crippen LogP contribution in [0.1, 0.15) is 10.5 Å². The van der Waals surface area contributed by atoms with Gasteiger partial charge < -0.3 is 10.5 Å². The summed E-state index contributed by atoms with van der Waals surface area (Å²) in [7, 11) is 0. The number of nitrogens with zero attached hydrogens (tertiary/aromatic N) is 2. The van der Waals surface area contributed by atoms with E-state index in [1.165, 1.54) is 24.3 Å². The molecule has 1 aromatic carbocycles. The Morgan fingerprint density at radius 2 is 2.06 bits per heavy atom. The Bertz CT molecular complexity index is 589. The van der Waals surface area contributed by atoms with Gasteiger partial charge in [0.25, 0.3) is 5.91 Å². The standard InChI is InChI=1S/C11H7BrFN3O2/c12-6-1-2-7(13)9(5-6)18-10-4-3-8(11(14)17)15-16-10/h1-5H,(H2,14,17). The molecular weight excluding hydrogens is 305 g/mol. The molecule has 18 heavy (non-hydrogen) atoms. The van der Waals surface area contributed by atoms with Gasteiger partial charge in [-0.1, -0.05) is 15.9 Å². The average molecular weight is 312 g/mol. The molecule has 2 rings (SSSR count). The number of hydrogen-bond acceptors (Lipinski definition) is 4. The van der Waals surface area contributed by atoms with Crippen molar-refractivity contribution in [3.8, 4) is 11.6 Å². The van der Waals surface area contributed by atoms with Crippen molar-refractivity contribution in [3.05, 3.63) is 46.3 Å². The minimum Gasteiger partial charge on any atom is -0.434 e. The Hall–Kier alpha value is -2.02. The number of hydrogen-bond donors (Lipinski definition) is 1. The van der Waals surface area contributed by atoms with Crippen LogP contribution in [0.3, 0.4) is 0 Å². The third-order valence-corrected chi connectivity index (χ3v) is 2.49. The van der Waals surface area contributed by atoms with Gasteiger partial charge in [0, 0.05) is 10.5 Å². The number of aromatic nitrogens is 2. The quantitative estimate of drug-likeness (QED) is 0.943. The Labute approximate surface area is 110 Å². The Morgan fingerprint density at radius 1 is 1.28 bits per heavy atom. The maximum absolute atomic E-state index is 13.4. The Morgan fingerprint density at radius 3 is 2.67 bits per heavy atom. The highest BCUT2D eigenvalue weighted by atomic mass is 79.9. The number of carbonyl (C=O) groups excluding carboxylic acids is 1. The van der Waals surface area contributed by atoms with Crippen LogP contribution in [0.15, 0.2) is 34.8 Å². The molecule has 0 saturated carbocycles. The zero-order chi connectivity index (χ0) is 13.1. The fourth-order valence-electron chi connectivity index (χ4n) is 1.17. The maximum Gasteiger partial charge on any atom is 0.269 e. The average Bonchev–Trinajstić information content (AvgIpc) is 2.34. The second-order valence-corrected chi connectivity index (χ2v) is 4.21. The van der Waals surface area contributed by atoms with Gasteiger partial charge in [-0.2, -0.15) is 0 Å². The smallest absolute Gasteiger partial charge is 0.269 e. The fourth-order valence-corrected chi connectivity index (χ4v) is 1.51. The van der Waals surface area contributed by atoms with Crippen LogP contribution in [0.25, 0.3) is 0 Å². The summed E-state index contributed by atoms with van der Waals surface area (Å²) in [5.41, 5.74) is 5.02. The first kappa shape index (κ1) is 12.4. The Kier molecular flexibility index (Phi) is 3.52. The van der Waals surface area contributed by atoms with Crippen molar-refractivity contribution in [2.75, 3.05) is 0 Å². The number of halogens is 2. The molecule has 5 nitrogen and oxygen atoms in total. The summed E-state index contributed by atoms with van der Waals surface area (Å²) in [6, 6.07) is 6.99. The zero-order valence-corrected chi connectivity index (χ0v) is 10.5. The molecule has 1 amide bonds. The number of ether oxygens (including phenoxy) is 1. The molecule has 0 spiro atoms. The van der Waals surface area contributed by atoms with Gasteiger partial charge in [-0.15, -0.1) is 10.2 Å². The topological polar surface area (TPSA) is 78.1 Å². The third kappa shape index (κ3) is 2.80. The predicted octanol–water partition coefficient (Wildman–Crippen LogP) is 2.27. The number of carbonyl (C=O) groups is 1. The molecule has 1 aromatic heterocycles.